The van der Waals surface area contributed by atoms with E-state index in [0.29, 0.717) is 17.1 Å². The van der Waals surface area contributed by atoms with Gasteiger partial charge in [-0.3, -0.25) is 13.9 Å². The van der Waals surface area contributed by atoms with Crippen LogP contribution in [-0.2, 0) is 0 Å². The van der Waals surface area contributed by atoms with E-state index in [1.807, 2.05) is 42.6 Å². The van der Waals surface area contributed by atoms with E-state index in [-0.39, 0.29) is 5.92 Å². The Hall–Kier alpha value is -2.28. The maximum absolute atomic E-state index is 12.0. The molecule has 5 nitrogen and oxygen atoms in total. The summed E-state index contributed by atoms with van der Waals surface area (Å²) in [6.45, 7) is 0. The van der Waals surface area contributed by atoms with Crippen molar-refractivity contribution in [2.45, 2.75) is 18.8 Å². The number of carbonyl (C=O) groups is 1. The summed E-state index contributed by atoms with van der Waals surface area (Å²) in [5.41, 5.74) is 9.96. The van der Waals surface area contributed by atoms with E-state index in [2.05, 4.69) is 11.1 Å². The zero-order valence-corrected chi connectivity index (χ0v) is 15.1. The summed E-state index contributed by atoms with van der Waals surface area (Å²) in [6.07, 6.45) is 3.40. The molecule has 0 radical (unpaired) electrons. The van der Waals surface area contributed by atoms with Gasteiger partial charge in [-0.25, -0.2) is 0 Å². The molecule has 1 saturated heterocycles. The van der Waals surface area contributed by atoms with Gasteiger partial charge in [-0.1, -0.05) is 30.3 Å². The summed E-state index contributed by atoms with van der Waals surface area (Å²) >= 11 is 0. The molecule has 0 saturated carbocycles. The number of benzene rings is 2. The number of primary amides is 1. The number of nitrogens with two attached hydrogens (primary N) is 1. The van der Waals surface area contributed by atoms with Gasteiger partial charge in [0.2, 0.25) is 0 Å². The van der Waals surface area contributed by atoms with E-state index in [0.717, 1.165) is 40.4 Å². The SMILES string of the molecule is NC(=O)c1cc(-c2ccccc2)cc2c(C3CCS(O)(O)CC3)c[nH]c12. The summed E-state index contributed by atoms with van der Waals surface area (Å²) in [6, 6.07) is 13.8. The molecule has 0 bridgehead atoms. The van der Waals surface area contributed by atoms with Crippen LogP contribution in [0.1, 0.15) is 34.7 Å². The third-order valence-electron chi connectivity index (χ3n) is 5.22. The topological polar surface area (TPSA) is 99.3 Å². The fourth-order valence-corrected chi connectivity index (χ4v) is 5.33. The number of fused-ring (bicyclic) bond motifs is 1. The summed E-state index contributed by atoms with van der Waals surface area (Å²) in [7, 11) is -2.42. The summed E-state index contributed by atoms with van der Waals surface area (Å²) < 4.78 is 19.8. The van der Waals surface area contributed by atoms with Crippen molar-refractivity contribution in [2.75, 3.05) is 11.5 Å². The molecule has 0 aliphatic carbocycles. The predicted molar refractivity (Wildman–Crippen MR) is 107 cm³/mol. The van der Waals surface area contributed by atoms with E-state index in [9.17, 15) is 13.9 Å². The van der Waals surface area contributed by atoms with Gasteiger partial charge in [-0.05, 0) is 47.6 Å². The quantitative estimate of drug-likeness (QED) is 0.544. The molecular formula is C20H22N2O3S. The Balaban J connectivity index is 1.83. The first kappa shape index (κ1) is 17.1. The second-order valence-electron chi connectivity index (χ2n) is 6.91. The smallest absolute Gasteiger partial charge is 0.250 e. The van der Waals surface area contributed by atoms with Gasteiger partial charge in [0.15, 0.2) is 0 Å². The third-order valence-corrected chi connectivity index (χ3v) is 7.00. The number of aromatic amines is 1. The molecule has 1 aromatic heterocycles. The summed E-state index contributed by atoms with van der Waals surface area (Å²) in [4.78, 5) is 15.2. The van der Waals surface area contributed by atoms with Crippen LogP contribution in [0.4, 0.5) is 0 Å². The van der Waals surface area contributed by atoms with Crippen molar-refractivity contribution in [1.29, 1.82) is 0 Å². The summed E-state index contributed by atoms with van der Waals surface area (Å²) in [5.74, 6) is 0.658. The minimum atomic E-state index is -2.42. The van der Waals surface area contributed by atoms with E-state index in [4.69, 9.17) is 5.73 Å². The van der Waals surface area contributed by atoms with Crippen LogP contribution in [0.15, 0.2) is 48.7 Å². The fraction of sp³-hybridized carbons (Fsp3) is 0.250. The molecule has 1 fully saturated rings. The molecule has 26 heavy (non-hydrogen) atoms. The maximum atomic E-state index is 12.0. The maximum Gasteiger partial charge on any atom is 0.250 e. The molecule has 136 valence electrons. The van der Waals surface area contributed by atoms with Crippen LogP contribution in [0, 0.1) is 0 Å². The van der Waals surface area contributed by atoms with Crippen molar-refractivity contribution >= 4 is 27.4 Å². The molecule has 0 unspecified atom stereocenters. The number of rotatable bonds is 3. The van der Waals surface area contributed by atoms with Gasteiger partial charge in [0.1, 0.15) is 0 Å². The van der Waals surface area contributed by atoms with Crippen LogP contribution >= 0.6 is 10.6 Å². The first-order chi connectivity index (χ1) is 12.4. The van der Waals surface area contributed by atoms with E-state index < -0.39 is 16.5 Å². The molecule has 0 spiro atoms. The monoisotopic (exact) mass is 370 g/mol. The van der Waals surface area contributed by atoms with Crippen LogP contribution < -0.4 is 5.73 Å². The highest BCUT2D eigenvalue weighted by atomic mass is 32.3. The molecule has 2 aromatic carbocycles. The lowest BCUT2D eigenvalue weighted by atomic mass is 9.91. The normalized spacial score (nSPS) is 18.7. The summed E-state index contributed by atoms with van der Waals surface area (Å²) in [5, 5.41) is 0.989. The molecule has 1 aliphatic heterocycles. The van der Waals surface area contributed by atoms with Crippen molar-refractivity contribution in [3.05, 3.63) is 59.8 Å². The molecule has 4 rings (SSSR count). The molecule has 1 aliphatic rings. The number of hydrogen-bond donors (Lipinski definition) is 4. The Bertz CT molecular complexity index is 956. The Kier molecular flexibility index (Phi) is 4.26. The molecule has 2 heterocycles. The van der Waals surface area contributed by atoms with Crippen molar-refractivity contribution in [2.24, 2.45) is 5.73 Å². The first-order valence-corrected chi connectivity index (χ1v) is 10.6. The minimum Gasteiger partial charge on any atom is -0.366 e. The van der Waals surface area contributed by atoms with Crippen LogP contribution in [0.2, 0.25) is 0 Å². The zero-order chi connectivity index (χ0) is 18.3. The number of H-pyrrole nitrogens is 1. The van der Waals surface area contributed by atoms with Crippen molar-refractivity contribution < 1.29 is 13.9 Å². The number of amides is 1. The van der Waals surface area contributed by atoms with E-state index in [1.54, 1.807) is 0 Å². The highest BCUT2D eigenvalue weighted by molar-refractivity contribution is 8.24. The van der Waals surface area contributed by atoms with Crippen LogP contribution in [0.5, 0.6) is 0 Å². The van der Waals surface area contributed by atoms with Crippen LogP contribution in [0.25, 0.3) is 22.0 Å². The lowest BCUT2D eigenvalue weighted by molar-refractivity contribution is 0.100. The average molecular weight is 370 g/mol. The van der Waals surface area contributed by atoms with Crippen molar-refractivity contribution in [1.82, 2.24) is 4.98 Å². The molecular weight excluding hydrogens is 348 g/mol. The Morgan fingerprint density at radius 2 is 1.77 bits per heavy atom. The van der Waals surface area contributed by atoms with Gasteiger partial charge >= 0.3 is 0 Å². The Labute approximate surface area is 153 Å². The fourth-order valence-electron chi connectivity index (χ4n) is 3.80. The van der Waals surface area contributed by atoms with E-state index >= 15 is 0 Å². The highest BCUT2D eigenvalue weighted by Crippen LogP contribution is 2.49. The molecule has 0 atom stereocenters. The lowest BCUT2D eigenvalue weighted by Crippen LogP contribution is -2.19. The second-order valence-corrected chi connectivity index (χ2v) is 9.33. The van der Waals surface area contributed by atoms with Gasteiger partial charge in [-0.2, -0.15) is 10.6 Å². The van der Waals surface area contributed by atoms with Crippen LogP contribution in [0.3, 0.4) is 0 Å². The van der Waals surface area contributed by atoms with Crippen LogP contribution in [-0.4, -0.2) is 31.5 Å². The molecule has 6 heteroatoms. The zero-order valence-electron chi connectivity index (χ0n) is 14.3. The molecule has 3 aromatic rings. The van der Waals surface area contributed by atoms with Crippen molar-refractivity contribution in [3.8, 4) is 11.1 Å². The second kappa shape index (κ2) is 6.46. The minimum absolute atomic E-state index is 0.246. The first-order valence-electron chi connectivity index (χ1n) is 8.68. The number of carbonyl (C=O) groups excluding carboxylic acids is 1. The lowest BCUT2D eigenvalue weighted by Gasteiger charge is -2.39. The highest BCUT2D eigenvalue weighted by Gasteiger charge is 2.27. The molecule has 1 amide bonds. The van der Waals surface area contributed by atoms with Gasteiger partial charge in [0, 0.05) is 23.1 Å². The molecule has 5 N–H and O–H groups in total. The van der Waals surface area contributed by atoms with Gasteiger partial charge < -0.3 is 10.7 Å². The number of hydrogen-bond acceptors (Lipinski definition) is 3. The third kappa shape index (κ3) is 3.11. The Morgan fingerprint density at radius 3 is 2.42 bits per heavy atom. The van der Waals surface area contributed by atoms with E-state index in [1.165, 1.54) is 0 Å². The number of aromatic nitrogens is 1. The van der Waals surface area contributed by atoms with Crippen molar-refractivity contribution in [3.63, 3.8) is 0 Å². The Morgan fingerprint density at radius 1 is 1.08 bits per heavy atom. The van der Waals surface area contributed by atoms with Gasteiger partial charge in [0.25, 0.3) is 5.91 Å². The number of nitrogens with one attached hydrogen (secondary N) is 1. The predicted octanol–water partition coefficient (Wildman–Crippen LogP) is 4.56. The standard InChI is InChI=1S/C20H22N2O3S/c21-20(23)17-11-15(13-4-2-1-3-5-13)10-16-18(12-22-19(16)17)14-6-8-26(24,25)9-7-14/h1-5,10-12,14,22,24-25H,6-9H2,(H2,21,23). The van der Waals surface area contributed by atoms with Gasteiger partial charge in [0.05, 0.1) is 11.1 Å². The average Bonchev–Trinajstić information content (AvgIpc) is 3.05. The largest absolute Gasteiger partial charge is 0.366 e. The van der Waals surface area contributed by atoms with Gasteiger partial charge in [-0.15, -0.1) is 0 Å².